The molecule has 0 fully saturated rings. The topological polar surface area (TPSA) is 23.6 Å². The standard InChI is InChI=1S/C53H62N2OS.2C2H6/c1-8-11-17-25-42-33-36-54(35-23-15-14-22-34-52(42,5)6)44(9-2)29-31-46-40(4)57-50-38-45(30-32-47(50)51(46)56)55-39-41-24-18-12-13-19-26-43(37-41)53(7,10-3)48-27-20-16-21-28-49(48)55;2*1-2/h8-9,11,14-26,28,30-33,37-38,41H,4,10,12-13,27,29,34-36,39H2,1-3,5-7H3;2*1-2H3/b11-8-,22-14-,23-15-,24-18-,25-17-,26-19-,42-33?,43-37?,44-9+,46-31+;;. The molecule has 0 amide bonds. The third-order valence-electron chi connectivity index (χ3n) is 12.2. The number of hydrogen-bond donors (Lipinski definition) is 0. The summed E-state index contributed by atoms with van der Waals surface area (Å²) in [5, 5.41) is 1.46. The van der Waals surface area contributed by atoms with Crippen molar-refractivity contribution < 1.29 is 0 Å². The first-order valence-electron chi connectivity index (χ1n) is 23.0. The number of allylic oxidation sites excluding steroid dienone is 19. The molecule has 2 bridgehead atoms. The average molecular weight is 835 g/mol. The van der Waals surface area contributed by atoms with Gasteiger partial charge in [-0.15, -0.1) is 11.3 Å². The second-order valence-corrected chi connectivity index (χ2v) is 17.5. The van der Waals surface area contributed by atoms with Crippen molar-refractivity contribution in [3.8, 4) is 0 Å². The predicted octanol–water partition coefficient (Wildman–Crippen LogP) is 14.2. The van der Waals surface area contributed by atoms with Gasteiger partial charge in [-0.3, -0.25) is 4.79 Å². The summed E-state index contributed by atoms with van der Waals surface area (Å²) in [4.78, 5) is 19.2. The van der Waals surface area contributed by atoms with Crippen molar-refractivity contribution in [2.75, 3.05) is 24.5 Å². The van der Waals surface area contributed by atoms with E-state index in [1.54, 1.807) is 11.3 Å². The fraction of sp³-hybridized carbons (Fsp3) is 0.386. The minimum atomic E-state index is -0.102. The number of hydrogen-bond acceptors (Lipinski definition) is 4. The van der Waals surface area contributed by atoms with E-state index in [-0.39, 0.29) is 22.2 Å². The Hall–Kier alpha value is -4.93. The molecule has 0 N–H and O–H groups in total. The Balaban J connectivity index is 0.00000199. The van der Waals surface area contributed by atoms with Crippen molar-refractivity contribution in [2.24, 2.45) is 16.7 Å². The lowest BCUT2D eigenvalue weighted by Gasteiger charge is -2.41. The summed E-state index contributed by atoms with van der Waals surface area (Å²) < 4.78 is 1.79. The van der Waals surface area contributed by atoms with E-state index < -0.39 is 0 Å². The molecule has 0 spiro atoms. The Labute approximate surface area is 373 Å². The zero-order chi connectivity index (χ0) is 44.4. The van der Waals surface area contributed by atoms with Gasteiger partial charge in [0, 0.05) is 74.3 Å². The van der Waals surface area contributed by atoms with Gasteiger partial charge in [0.2, 0.25) is 0 Å². The molecule has 6 rings (SSSR count). The van der Waals surface area contributed by atoms with Gasteiger partial charge >= 0.3 is 0 Å². The van der Waals surface area contributed by atoms with E-state index in [9.17, 15) is 4.79 Å². The highest BCUT2D eigenvalue weighted by molar-refractivity contribution is 7.16. The van der Waals surface area contributed by atoms with Gasteiger partial charge in [0.25, 0.3) is 0 Å². The molecule has 2 aromatic rings. The van der Waals surface area contributed by atoms with E-state index in [2.05, 4.69) is 191 Å². The molecule has 1 aromatic heterocycles. The summed E-state index contributed by atoms with van der Waals surface area (Å²) >= 11 is 1.63. The lowest BCUT2D eigenvalue weighted by atomic mass is 9.69. The fourth-order valence-electron chi connectivity index (χ4n) is 8.46. The second kappa shape index (κ2) is 23.9. The lowest BCUT2D eigenvalue weighted by molar-refractivity contribution is 0.406. The van der Waals surface area contributed by atoms with Crippen molar-refractivity contribution in [2.45, 2.75) is 108 Å². The maximum absolute atomic E-state index is 14.3. The average Bonchev–Trinajstić information content (AvgIpc) is 3.46. The Morgan fingerprint density at radius 1 is 0.918 bits per heavy atom. The normalized spacial score (nSPS) is 24.3. The zero-order valence-electron chi connectivity index (χ0n) is 39.1. The molecule has 4 heteroatoms. The van der Waals surface area contributed by atoms with Crippen LogP contribution in [0.3, 0.4) is 0 Å². The molecule has 4 aliphatic rings. The predicted molar refractivity (Wildman–Crippen MR) is 273 cm³/mol. The number of rotatable bonds is 7. The molecule has 61 heavy (non-hydrogen) atoms. The molecule has 0 saturated carbocycles. The Kier molecular flexibility index (Phi) is 19.1. The van der Waals surface area contributed by atoms with Crippen LogP contribution in [-0.4, -0.2) is 24.5 Å². The molecule has 2 aliphatic carbocycles. The van der Waals surface area contributed by atoms with E-state index in [0.29, 0.717) is 11.6 Å². The maximum atomic E-state index is 14.3. The van der Waals surface area contributed by atoms with Gasteiger partial charge in [0.1, 0.15) is 0 Å². The number of benzene rings is 1. The highest BCUT2D eigenvalue weighted by Crippen LogP contribution is 2.47. The third-order valence-corrected chi connectivity index (χ3v) is 13.2. The highest BCUT2D eigenvalue weighted by atomic mass is 32.1. The van der Waals surface area contributed by atoms with Crippen LogP contribution in [0.1, 0.15) is 108 Å². The zero-order valence-corrected chi connectivity index (χ0v) is 40.0. The first-order valence-corrected chi connectivity index (χ1v) is 23.8. The summed E-state index contributed by atoms with van der Waals surface area (Å²) in [6.07, 6.45) is 50.6. The SMILES string of the molecule is C=c1sc2cc(N3CC4C=C(/C=C\CC/C=C\4)C(C)(CC)C4=C3C=CC=CC4)ccc2c(=O)/c1=C/C/C(=C\C)N1CC=C(/C=C\C=C/C)C(C)(C)C/C=C\C=C/C1.CC.CC. The van der Waals surface area contributed by atoms with Crippen LogP contribution in [0.15, 0.2) is 167 Å². The molecule has 2 unspecified atom stereocenters. The summed E-state index contributed by atoms with van der Waals surface area (Å²) in [5.41, 5.74) is 7.70. The molecule has 2 atom stereocenters. The van der Waals surface area contributed by atoms with Gasteiger partial charge < -0.3 is 9.80 Å². The molecule has 2 aliphatic heterocycles. The molecule has 0 saturated heterocycles. The first-order chi connectivity index (χ1) is 29.6. The smallest absolute Gasteiger partial charge is 0.195 e. The highest BCUT2D eigenvalue weighted by Gasteiger charge is 2.36. The minimum Gasteiger partial charge on any atom is -0.367 e. The number of anilines is 1. The number of nitrogens with zero attached hydrogens (tertiary/aromatic N) is 2. The monoisotopic (exact) mass is 835 g/mol. The van der Waals surface area contributed by atoms with Crippen molar-refractivity contribution in [1.82, 2.24) is 4.90 Å². The van der Waals surface area contributed by atoms with Crippen LogP contribution in [-0.2, 0) is 0 Å². The van der Waals surface area contributed by atoms with Crippen LogP contribution in [0.4, 0.5) is 5.69 Å². The molecule has 3 nitrogen and oxygen atoms in total. The van der Waals surface area contributed by atoms with Crippen molar-refractivity contribution in [1.29, 1.82) is 0 Å². The molecule has 1 aromatic carbocycles. The Bertz CT molecular complexity index is 2360. The Morgan fingerprint density at radius 3 is 2.43 bits per heavy atom. The van der Waals surface area contributed by atoms with Gasteiger partial charge in [0.05, 0.1) is 0 Å². The summed E-state index contributed by atoms with van der Waals surface area (Å²) in [6.45, 7) is 28.4. The second-order valence-electron chi connectivity index (χ2n) is 16.4. The first kappa shape index (κ1) is 48.7. The van der Waals surface area contributed by atoms with E-state index >= 15 is 0 Å². The summed E-state index contributed by atoms with van der Waals surface area (Å²) in [7, 11) is 0. The largest absolute Gasteiger partial charge is 0.367 e. The molecule has 0 radical (unpaired) electrons. The third kappa shape index (κ3) is 12.1. The Morgan fingerprint density at radius 2 is 1.67 bits per heavy atom. The lowest BCUT2D eigenvalue weighted by Crippen LogP contribution is -2.37. The van der Waals surface area contributed by atoms with Crippen LogP contribution in [0.25, 0.3) is 22.7 Å². The van der Waals surface area contributed by atoms with Crippen LogP contribution < -0.4 is 20.1 Å². The van der Waals surface area contributed by atoms with E-state index in [1.807, 2.05) is 34.6 Å². The van der Waals surface area contributed by atoms with E-state index in [1.165, 1.54) is 28.1 Å². The minimum absolute atomic E-state index is 0.00201. The van der Waals surface area contributed by atoms with Gasteiger partial charge in [-0.1, -0.05) is 177 Å². The van der Waals surface area contributed by atoms with Crippen molar-refractivity contribution in [3.63, 3.8) is 0 Å². The number of fused-ring (bicyclic) bond motifs is 2. The van der Waals surface area contributed by atoms with Gasteiger partial charge in [-0.25, -0.2) is 0 Å². The van der Waals surface area contributed by atoms with Gasteiger partial charge in [-0.05, 0) is 92.4 Å². The van der Waals surface area contributed by atoms with Crippen LogP contribution in [0.2, 0.25) is 0 Å². The quantitative estimate of drug-likeness (QED) is 0.205. The van der Waals surface area contributed by atoms with Crippen LogP contribution in [0, 0.1) is 16.7 Å². The summed E-state index contributed by atoms with van der Waals surface area (Å²) in [5.74, 6) is 0.255. The van der Waals surface area contributed by atoms with Crippen LogP contribution in [0.5, 0.6) is 0 Å². The molecular formula is C57H74N2OS. The van der Waals surface area contributed by atoms with E-state index in [0.717, 1.165) is 72.0 Å². The van der Waals surface area contributed by atoms with Crippen LogP contribution >= 0.6 is 11.3 Å². The molecule has 3 heterocycles. The van der Waals surface area contributed by atoms with Crippen molar-refractivity contribution >= 4 is 39.8 Å². The maximum Gasteiger partial charge on any atom is 0.195 e. The molecule has 324 valence electrons. The van der Waals surface area contributed by atoms with Gasteiger partial charge in [-0.2, -0.15) is 0 Å². The fourth-order valence-corrected chi connectivity index (χ4v) is 9.46. The van der Waals surface area contributed by atoms with Gasteiger partial charge in [0.15, 0.2) is 5.43 Å². The van der Waals surface area contributed by atoms with Crippen molar-refractivity contribution in [3.05, 3.63) is 182 Å². The molecular weight excluding hydrogens is 761 g/mol. The summed E-state index contributed by atoms with van der Waals surface area (Å²) in [6, 6.07) is 6.45. The van der Waals surface area contributed by atoms with E-state index in [4.69, 9.17) is 0 Å².